The maximum atomic E-state index is 12.2. The topological polar surface area (TPSA) is 63.2 Å². The average molecular weight is 365 g/mol. The van der Waals surface area contributed by atoms with Crippen molar-refractivity contribution in [3.8, 4) is 11.1 Å². The lowest BCUT2D eigenvalue weighted by Gasteiger charge is -2.23. The fraction of sp³-hybridized carbons (Fsp3) is 0.455. The Bertz CT molecular complexity index is 772. The number of carbonyl (C=O) groups excluding carboxylic acids is 1. The fourth-order valence-electron chi connectivity index (χ4n) is 4.27. The van der Waals surface area contributed by atoms with Gasteiger partial charge in [0.1, 0.15) is 0 Å². The number of hydrogen-bond donors (Lipinski definition) is 2. The van der Waals surface area contributed by atoms with Crippen LogP contribution in [0, 0.1) is 0 Å². The van der Waals surface area contributed by atoms with Gasteiger partial charge in [0.2, 0.25) is 0 Å². The molecule has 0 radical (unpaired) electrons. The maximum Gasteiger partial charge on any atom is 0.315 e. The van der Waals surface area contributed by atoms with E-state index in [0.717, 1.165) is 29.5 Å². The van der Waals surface area contributed by atoms with Crippen LogP contribution in [0.25, 0.3) is 11.1 Å². The summed E-state index contributed by atoms with van der Waals surface area (Å²) < 4.78 is 6.24. The van der Waals surface area contributed by atoms with Gasteiger partial charge >= 0.3 is 6.03 Å². The Kier molecular flexibility index (Phi) is 5.39. The van der Waals surface area contributed by atoms with Crippen LogP contribution >= 0.6 is 0 Å². The Morgan fingerprint density at radius 1 is 1.11 bits per heavy atom. The molecule has 2 amide bonds. The number of amides is 2. The zero-order valence-corrected chi connectivity index (χ0v) is 15.6. The van der Waals surface area contributed by atoms with Crippen LogP contribution in [0.15, 0.2) is 48.8 Å². The van der Waals surface area contributed by atoms with Gasteiger partial charge in [-0.15, -0.1) is 0 Å². The molecule has 1 aromatic carbocycles. The summed E-state index contributed by atoms with van der Waals surface area (Å²) in [6.45, 7) is 1.08. The number of rotatable bonds is 5. The summed E-state index contributed by atoms with van der Waals surface area (Å²) in [5.74, 6) is 0. The Balaban J connectivity index is 1.24. The summed E-state index contributed by atoms with van der Waals surface area (Å²) in [4.78, 5) is 16.3. The Morgan fingerprint density at radius 3 is 2.78 bits per heavy atom. The summed E-state index contributed by atoms with van der Waals surface area (Å²) in [7, 11) is 0. The highest BCUT2D eigenvalue weighted by atomic mass is 16.5. The summed E-state index contributed by atoms with van der Waals surface area (Å²) in [5.41, 5.74) is 3.36. The predicted molar refractivity (Wildman–Crippen MR) is 105 cm³/mol. The molecule has 2 N–H and O–H groups in total. The van der Waals surface area contributed by atoms with Gasteiger partial charge in [-0.25, -0.2) is 4.79 Å². The molecule has 1 spiro atoms. The smallest absolute Gasteiger partial charge is 0.315 e. The van der Waals surface area contributed by atoms with Crippen molar-refractivity contribution >= 4 is 6.03 Å². The summed E-state index contributed by atoms with van der Waals surface area (Å²) in [5, 5.41) is 5.90. The Hall–Kier alpha value is -2.40. The van der Waals surface area contributed by atoms with Gasteiger partial charge in [0, 0.05) is 25.5 Å². The van der Waals surface area contributed by atoms with Gasteiger partial charge in [-0.3, -0.25) is 4.98 Å². The van der Waals surface area contributed by atoms with Crippen LogP contribution in [0.3, 0.4) is 0 Å². The highest BCUT2D eigenvalue weighted by Crippen LogP contribution is 2.43. The largest absolute Gasteiger partial charge is 0.370 e. The average Bonchev–Trinajstić information content (AvgIpc) is 3.35. The molecular formula is C22H27N3O2. The maximum absolute atomic E-state index is 12.2. The number of hydrogen-bond acceptors (Lipinski definition) is 3. The molecule has 2 aromatic rings. The summed E-state index contributed by atoms with van der Waals surface area (Å²) in [6.07, 6.45) is 10.9. The van der Waals surface area contributed by atoms with E-state index in [1.54, 1.807) is 6.20 Å². The first-order valence-corrected chi connectivity index (χ1v) is 9.91. The molecule has 2 fully saturated rings. The molecule has 1 aliphatic heterocycles. The molecule has 142 valence electrons. The lowest BCUT2D eigenvalue weighted by molar-refractivity contribution is -0.0341. The lowest BCUT2D eigenvalue weighted by atomic mass is 9.98. The third-order valence-corrected chi connectivity index (χ3v) is 5.72. The molecule has 2 heterocycles. The van der Waals surface area contributed by atoms with E-state index >= 15 is 0 Å². The predicted octanol–water partition coefficient (Wildman–Crippen LogP) is 4.04. The van der Waals surface area contributed by atoms with Crippen LogP contribution in [0.2, 0.25) is 0 Å². The van der Waals surface area contributed by atoms with E-state index in [4.69, 9.17) is 4.74 Å². The van der Waals surface area contributed by atoms with Crippen molar-refractivity contribution < 1.29 is 9.53 Å². The Morgan fingerprint density at radius 2 is 1.96 bits per heavy atom. The number of carbonyl (C=O) groups is 1. The van der Waals surface area contributed by atoms with Gasteiger partial charge in [0.15, 0.2) is 0 Å². The standard InChI is InChI=1S/C22H27N3O2/c26-21(25-16-20-8-11-22(27-20)9-1-2-10-22)24-14-17-5-3-6-18(13-17)19-7-4-12-23-15-19/h3-7,12-13,15,20H,1-2,8-11,14,16H2,(H2,24,25,26). The second kappa shape index (κ2) is 8.09. The van der Waals surface area contributed by atoms with Crippen molar-refractivity contribution in [1.82, 2.24) is 15.6 Å². The first-order chi connectivity index (χ1) is 13.2. The van der Waals surface area contributed by atoms with E-state index in [1.807, 2.05) is 30.5 Å². The summed E-state index contributed by atoms with van der Waals surface area (Å²) >= 11 is 0. The zero-order valence-electron chi connectivity index (χ0n) is 15.6. The molecule has 27 heavy (non-hydrogen) atoms. The minimum atomic E-state index is -0.141. The third-order valence-electron chi connectivity index (χ3n) is 5.72. The molecule has 5 heteroatoms. The molecular weight excluding hydrogens is 338 g/mol. The van der Waals surface area contributed by atoms with E-state index in [1.165, 1.54) is 25.7 Å². The van der Waals surface area contributed by atoms with E-state index in [2.05, 4.69) is 27.8 Å². The number of aromatic nitrogens is 1. The van der Waals surface area contributed by atoms with E-state index < -0.39 is 0 Å². The van der Waals surface area contributed by atoms with Crippen molar-refractivity contribution in [2.75, 3.05) is 6.54 Å². The highest BCUT2D eigenvalue weighted by Gasteiger charge is 2.41. The van der Waals surface area contributed by atoms with Gasteiger partial charge < -0.3 is 15.4 Å². The third kappa shape index (κ3) is 4.48. The van der Waals surface area contributed by atoms with Gasteiger partial charge in [0.05, 0.1) is 11.7 Å². The first kappa shape index (κ1) is 18.0. The lowest BCUT2D eigenvalue weighted by Crippen LogP contribution is -2.40. The molecule has 1 saturated heterocycles. The van der Waals surface area contributed by atoms with E-state index in [0.29, 0.717) is 13.1 Å². The minimum Gasteiger partial charge on any atom is -0.370 e. The van der Waals surface area contributed by atoms with Crippen LogP contribution in [0.5, 0.6) is 0 Å². The van der Waals surface area contributed by atoms with Gasteiger partial charge in [-0.1, -0.05) is 37.1 Å². The number of ether oxygens (including phenoxy) is 1. The van der Waals surface area contributed by atoms with Crippen molar-refractivity contribution in [1.29, 1.82) is 0 Å². The molecule has 1 saturated carbocycles. The van der Waals surface area contributed by atoms with Crippen molar-refractivity contribution in [3.05, 3.63) is 54.4 Å². The van der Waals surface area contributed by atoms with Crippen LogP contribution in [-0.2, 0) is 11.3 Å². The van der Waals surface area contributed by atoms with Crippen LogP contribution in [-0.4, -0.2) is 29.3 Å². The second-order valence-corrected chi connectivity index (χ2v) is 7.67. The van der Waals surface area contributed by atoms with Gasteiger partial charge in [-0.05, 0) is 54.5 Å². The molecule has 5 nitrogen and oxygen atoms in total. The minimum absolute atomic E-state index is 0.121. The summed E-state index contributed by atoms with van der Waals surface area (Å²) in [6, 6.07) is 12.0. The van der Waals surface area contributed by atoms with Crippen molar-refractivity contribution in [2.45, 2.75) is 56.8 Å². The number of nitrogens with zero attached hydrogens (tertiary/aromatic N) is 1. The highest BCUT2D eigenvalue weighted by molar-refractivity contribution is 5.74. The normalized spacial score (nSPS) is 20.7. The first-order valence-electron chi connectivity index (χ1n) is 9.91. The molecule has 4 rings (SSSR count). The van der Waals surface area contributed by atoms with Crippen LogP contribution in [0.1, 0.15) is 44.1 Å². The van der Waals surface area contributed by atoms with Crippen LogP contribution in [0.4, 0.5) is 4.79 Å². The molecule has 2 aliphatic rings. The molecule has 1 aliphatic carbocycles. The molecule has 1 unspecified atom stereocenters. The quantitative estimate of drug-likeness (QED) is 0.840. The van der Waals surface area contributed by atoms with Crippen molar-refractivity contribution in [2.24, 2.45) is 0 Å². The van der Waals surface area contributed by atoms with E-state index in [-0.39, 0.29) is 17.7 Å². The molecule has 1 atom stereocenters. The van der Waals surface area contributed by atoms with E-state index in [9.17, 15) is 4.79 Å². The molecule has 1 aromatic heterocycles. The number of pyridine rings is 1. The molecule has 0 bridgehead atoms. The monoisotopic (exact) mass is 365 g/mol. The fourth-order valence-corrected chi connectivity index (χ4v) is 4.27. The van der Waals surface area contributed by atoms with Gasteiger partial charge in [-0.2, -0.15) is 0 Å². The van der Waals surface area contributed by atoms with Crippen molar-refractivity contribution in [3.63, 3.8) is 0 Å². The number of urea groups is 1. The zero-order chi connectivity index (χ0) is 18.5. The Labute approximate surface area is 160 Å². The number of benzene rings is 1. The number of nitrogens with one attached hydrogen (secondary N) is 2. The SMILES string of the molecule is O=C(NCc1cccc(-c2cccnc2)c1)NCC1CCC2(CCCC2)O1. The second-order valence-electron chi connectivity index (χ2n) is 7.67. The van der Waals surface area contributed by atoms with Crippen LogP contribution < -0.4 is 10.6 Å². The van der Waals surface area contributed by atoms with Gasteiger partial charge in [0.25, 0.3) is 0 Å².